The van der Waals surface area contributed by atoms with Gasteiger partial charge in [0.25, 0.3) is 0 Å². The molecule has 0 bridgehead atoms. The summed E-state index contributed by atoms with van der Waals surface area (Å²) in [6, 6.07) is 10.9. The number of rotatable bonds is 9. The monoisotopic (exact) mass is 347 g/mol. The van der Waals surface area contributed by atoms with Crippen molar-refractivity contribution in [2.45, 2.75) is 32.9 Å². The normalized spacial score (nSPS) is 16.4. The number of ether oxygens (including phenoxy) is 1. The first-order valence-electron chi connectivity index (χ1n) is 9.37. The predicted octanol–water partition coefficient (Wildman–Crippen LogP) is 1.98. The van der Waals surface area contributed by atoms with E-state index in [1.54, 1.807) is 0 Å². The molecule has 0 unspecified atom stereocenters. The number of morpholine rings is 1. The van der Waals surface area contributed by atoms with Crippen molar-refractivity contribution < 1.29 is 9.53 Å². The fraction of sp³-hybridized carbons (Fsp3) is 0.650. The highest BCUT2D eigenvalue weighted by molar-refractivity contribution is 5.76. The molecule has 1 atom stereocenters. The summed E-state index contributed by atoms with van der Waals surface area (Å²) < 4.78 is 5.30. The molecule has 25 heavy (non-hydrogen) atoms. The van der Waals surface area contributed by atoms with Crippen LogP contribution in [0.25, 0.3) is 0 Å². The third kappa shape index (κ3) is 7.14. The van der Waals surface area contributed by atoms with Crippen molar-refractivity contribution in [3.8, 4) is 0 Å². The van der Waals surface area contributed by atoms with E-state index in [0.717, 1.165) is 32.7 Å². The zero-order valence-electron chi connectivity index (χ0n) is 15.9. The minimum absolute atomic E-state index is 0.232. The van der Waals surface area contributed by atoms with Crippen molar-refractivity contribution in [2.75, 3.05) is 46.4 Å². The second kappa shape index (κ2) is 10.5. The van der Waals surface area contributed by atoms with E-state index < -0.39 is 0 Å². The molecule has 2 rings (SSSR count). The molecule has 0 aliphatic carbocycles. The number of hydrogen-bond donors (Lipinski definition) is 1. The summed E-state index contributed by atoms with van der Waals surface area (Å²) in [4.78, 5) is 16.5. The summed E-state index contributed by atoms with van der Waals surface area (Å²) in [6.07, 6.45) is 0.561. The number of carbonyl (C=O) groups is 1. The van der Waals surface area contributed by atoms with Crippen LogP contribution in [0.3, 0.4) is 0 Å². The smallest absolute Gasteiger partial charge is 0.224 e. The molecular formula is C20H33N3O2. The molecule has 1 aromatic carbocycles. The average Bonchev–Trinajstić information content (AvgIpc) is 2.62. The van der Waals surface area contributed by atoms with Crippen LogP contribution in [0.2, 0.25) is 0 Å². The van der Waals surface area contributed by atoms with Gasteiger partial charge in [-0.1, -0.05) is 44.2 Å². The van der Waals surface area contributed by atoms with Crippen LogP contribution >= 0.6 is 0 Å². The number of nitrogens with one attached hydrogen (secondary N) is 1. The molecule has 1 N–H and O–H groups in total. The Morgan fingerprint density at radius 3 is 2.56 bits per heavy atom. The van der Waals surface area contributed by atoms with Gasteiger partial charge in [0.1, 0.15) is 0 Å². The van der Waals surface area contributed by atoms with Crippen LogP contribution in [0.4, 0.5) is 0 Å². The Hall–Kier alpha value is -1.43. The van der Waals surface area contributed by atoms with Crippen LogP contribution in [0.5, 0.6) is 0 Å². The predicted molar refractivity (Wildman–Crippen MR) is 101 cm³/mol. The number of hydrogen-bond acceptors (Lipinski definition) is 4. The van der Waals surface area contributed by atoms with Gasteiger partial charge < -0.3 is 19.9 Å². The summed E-state index contributed by atoms with van der Waals surface area (Å²) in [5.74, 6) is 0.757. The van der Waals surface area contributed by atoms with Gasteiger partial charge >= 0.3 is 0 Å². The molecule has 0 radical (unpaired) electrons. The Bertz CT molecular complexity index is 501. The summed E-state index contributed by atoms with van der Waals surface area (Å²) in [5.41, 5.74) is 1.33. The zero-order chi connectivity index (χ0) is 18.1. The highest BCUT2D eigenvalue weighted by Crippen LogP contribution is 2.08. The minimum Gasteiger partial charge on any atom is -0.378 e. The van der Waals surface area contributed by atoms with Gasteiger partial charge in [-0.2, -0.15) is 0 Å². The zero-order valence-corrected chi connectivity index (χ0v) is 15.9. The summed E-state index contributed by atoms with van der Waals surface area (Å²) >= 11 is 0. The van der Waals surface area contributed by atoms with Crippen molar-refractivity contribution >= 4 is 5.91 Å². The van der Waals surface area contributed by atoms with Gasteiger partial charge in [0.15, 0.2) is 0 Å². The van der Waals surface area contributed by atoms with Crippen LogP contribution in [-0.2, 0) is 16.1 Å². The van der Waals surface area contributed by atoms with Gasteiger partial charge in [-0.15, -0.1) is 0 Å². The van der Waals surface area contributed by atoms with E-state index in [1.165, 1.54) is 5.56 Å². The fourth-order valence-corrected chi connectivity index (χ4v) is 3.14. The molecule has 5 heteroatoms. The van der Waals surface area contributed by atoms with Crippen LogP contribution < -0.4 is 5.32 Å². The maximum Gasteiger partial charge on any atom is 0.224 e. The van der Waals surface area contributed by atoms with Crippen LogP contribution in [0, 0.1) is 5.92 Å². The van der Waals surface area contributed by atoms with Crippen molar-refractivity contribution in [1.29, 1.82) is 0 Å². The molecule has 1 saturated heterocycles. The lowest BCUT2D eigenvalue weighted by atomic mass is 10.0. The molecule has 1 aliphatic heterocycles. The second-order valence-corrected chi connectivity index (χ2v) is 7.23. The first-order valence-corrected chi connectivity index (χ1v) is 9.37. The quantitative estimate of drug-likeness (QED) is 0.742. The van der Waals surface area contributed by atoms with Gasteiger partial charge in [0.05, 0.1) is 13.2 Å². The first kappa shape index (κ1) is 19.9. The Morgan fingerprint density at radius 1 is 1.24 bits per heavy atom. The molecule has 0 saturated carbocycles. The van der Waals surface area contributed by atoms with Gasteiger partial charge in [0.2, 0.25) is 5.91 Å². The highest BCUT2D eigenvalue weighted by Gasteiger charge is 2.19. The average molecular weight is 348 g/mol. The van der Waals surface area contributed by atoms with E-state index in [0.29, 0.717) is 31.6 Å². The van der Waals surface area contributed by atoms with Crippen molar-refractivity contribution in [3.63, 3.8) is 0 Å². The summed E-state index contributed by atoms with van der Waals surface area (Å²) in [7, 11) is 2.16. The largest absolute Gasteiger partial charge is 0.378 e. The van der Waals surface area contributed by atoms with E-state index >= 15 is 0 Å². The topological polar surface area (TPSA) is 44.8 Å². The Balaban J connectivity index is 1.73. The number of amides is 1. The molecule has 1 fully saturated rings. The summed E-state index contributed by atoms with van der Waals surface area (Å²) in [6.45, 7) is 9.90. The number of carbonyl (C=O) groups excluding carboxylic acids is 1. The van der Waals surface area contributed by atoms with Crippen LogP contribution in [0.15, 0.2) is 30.3 Å². The van der Waals surface area contributed by atoms with Crippen LogP contribution in [0.1, 0.15) is 25.8 Å². The number of nitrogens with zero attached hydrogens (tertiary/aromatic N) is 2. The molecule has 5 nitrogen and oxygen atoms in total. The van der Waals surface area contributed by atoms with Gasteiger partial charge in [-0.3, -0.25) is 4.79 Å². The minimum atomic E-state index is 0.232. The number of benzene rings is 1. The van der Waals surface area contributed by atoms with E-state index in [9.17, 15) is 4.79 Å². The van der Waals surface area contributed by atoms with E-state index in [4.69, 9.17) is 4.74 Å². The van der Waals surface area contributed by atoms with E-state index in [2.05, 4.69) is 55.4 Å². The highest BCUT2D eigenvalue weighted by atomic mass is 16.5. The lowest BCUT2D eigenvalue weighted by Gasteiger charge is -2.29. The molecule has 0 spiro atoms. The maximum atomic E-state index is 12.2. The Kier molecular flexibility index (Phi) is 8.38. The lowest BCUT2D eigenvalue weighted by Crippen LogP contribution is -2.45. The molecule has 1 aromatic rings. The van der Waals surface area contributed by atoms with Crippen molar-refractivity contribution in [3.05, 3.63) is 35.9 Å². The molecule has 1 heterocycles. The third-order valence-electron chi connectivity index (χ3n) is 4.72. The molecule has 0 aromatic heterocycles. The SMILES string of the molecule is CC(C)[C@@H](CN(C)Cc1ccccc1)NCCC(=O)N1CCOCC1. The second-order valence-electron chi connectivity index (χ2n) is 7.23. The van der Waals surface area contributed by atoms with Gasteiger partial charge in [-0.05, 0) is 18.5 Å². The van der Waals surface area contributed by atoms with Crippen molar-refractivity contribution in [1.82, 2.24) is 15.1 Å². The third-order valence-corrected chi connectivity index (χ3v) is 4.72. The molecule has 140 valence electrons. The van der Waals surface area contributed by atoms with Gasteiger partial charge in [-0.25, -0.2) is 0 Å². The van der Waals surface area contributed by atoms with Gasteiger partial charge in [0, 0.05) is 45.2 Å². The number of likely N-dealkylation sites (N-methyl/N-ethyl adjacent to an activating group) is 1. The van der Waals surface area contributed by atoms with Crippen molar-refractivity contribution in [2.24, 2.45) is 5.92 Å². The van der Waals surface area contributed by atoms with Crippen LogP contribution in [-0.4, -0.2) is 68.2 Å². The maximum absolute atomic E-state index is 12.2. The molecular weight excluding hydrogens is 314 g/mol. The van der Waals surface area contributed by atoms with E-state index in [-0.39, 0.29) is 5.91 Å². The fourth-order valence-electron chi connectivity index (χ4n) is 3.14. The first-order chi connectivity index (χ1) is 12.1. The Morgan fingerprint density at radius 2 is 1.92 bits per heavy atom. The molecule has 1 aliphatic rings. The standard InChI is InChI=1S/C20H33N3O2/c1-17(2)19(16-22(3)15-18-7-5-4-6-8-18)21-10-9-20(24)23-11-13-25-14-12-23/h4-8,17,19,21H,9-16H2,1-3H3/t19-/m1/s1. The summed E-state index contributed by atoms with van der Waals surface area (Å²) in [5, 5.41) is 3.59. The Labute approximate surface area is 152 Å². The molecule has 1 amide bonds. The lowest BCUT2D eigenvalue weighted by molar-refractivity contribution is -0.135. The van der Waals surface area contributed by atoms with E-state index in [1.807, 2.05) is 11.0 Å².